The normalized spacial score (nSPS) is 28.7. The number of benzene rings is 1. The number of anilines is 1. The van der Waals surface area contributed by atoms with Crippen LogP contribution in [0.15, 0.2) is 28.7 Å². The van der Waals surface area contributed by atoms with Crippen molar-refractivity contribution in [2.45, 2.75) is 25.0 Å². The topological polar surface area (TPSA) is 45.0 Å². The van der Waals surface area contributed by atoms with Crippen molar-refractivity contribution in [1.29, 1.82) is 5.26 Å². The Bertz CT molecular complexity index is 429. The van der Waals surface area contributed by atoms with E-state index in [0.29, 0.717) is 6.61 Å². The highest BCUT2D eigenvalue weighted by atomic mass is 79.9. The highest BCUT2D eigenvalue weighted by molar-refractivity contribution is 9.10. The first-order valence-electron chi connectivity index (χ1n) is 5.23. The molecule has 1 aromatic carbocycles. The molecule has 3 nitrogen and oxygen atoms in total. The number of nitriles is 1. The van der Waals surface area contributed by atoms with E-state index in [1.54, 1.807) is 0 Å². The lowest BCUT2D eigenvalue weighted by Gasteiger charge is -2.26. The van der Waals surface area contributed by atoms with Crippen LogP contribution in [0.2, 0.25) is 0 Å². The molecule has 0 bridgehead atoms. The van der Waals surface area contributed by atoms with Gasteiger partial charge in [0.05, 0.1) is 18.8 Å². The minimum atomic E-state index is -0.596. The van der Waals surface area contributed by atoms with Crippen LogP contribution in [0.1, 0.15) is 13.3 Å². The van der Waals surface area contributed by atoms with Crippen molar-refractivity contribution < 1.29 is 4.74 Å². The molecule has 1 N–H and O–H groups in total. The fourth-order valence-corrected chi connectivity index (χ4v) is 2.30. The smallest absolute Gasteiger partial charge is 0.153 e. The van der Waals surface area contributed by atoms with E-state index in [1.165, 1.54) is 0 Å². The lowest BCUT2D eigenvalue weighted by Crippen LogP contribution is -2.43. The van der Waals surface area contributed by atoms with Crippen molar-refractivity contribution in [2.24, 2.45) is 0 Å². The molecular formula is C12H13BrN2O. The number of nitrogens with one attached hydrogen (secondary N) is 1. The summed E-state index contributed by atoms with van der Waals surface area (Å²) in [7, 11) is 0. The first-order valence-corrected chi connectivity index (χ1v) is 6.02. The first kappa shape index (κ1) is 11.4. The summed E-state index contributed by atoms with van der Waals surface area (Å²) in [6.45, 7) is 2.57. The second-order valence-electron chi connectivity index (χ2n) is 3.98. The third kappa shape index (κ3) is 2.06. The van der Waals surface area contributed by atoms with Gasteiger partial charge in [0.2, 0.25) is 0 Å². The summed E-state index contributed by atoms with van der Waals surface area (Å²) in [5.41, 5.74) is 0.342. The molecule has 1 heterocycles. The molecule has 2 unspecified atom stereocenters. The van der Waals surface area contributed by atoms with E-state index in [9.17, 15) is 5.26 Å². The van der Waals surface area contributed by atoms with Crippen LogP contribution in [0.25, 0.3) is 0 Å². The van der Waals surface area contributed by atoms with E-state index in [4.69, 9.17) is 4.74 Å². The predicted octanol–water partition coefficient (Wildman–Crippen LogP) is 2.93. The van der Waals surface area contributed by atoms with Gasteiger partial charge in [0.25, 0.3) is 0 Å². The van der Waals surface area contributed by atoms with Gasteiger partial charge in [-0.2, -0.15) is 5.26 Å². The van der Waals surface area contributed by atoms with Gasteiger partial charge in [0, 0.05) is 16.6 Å². The quantitative estimate of drug-likeness (QED) is 0.906. The van der Waals surface area contributed by atoms with E-state index >= 15 is 0 Å². The largest absolute Gasteiger partial charge is 0.375 e. The summed E-state index contributed by atoms with van der Waals surface area (Å²) in [6.07, 6.45) is 0.633. The van der Waals surface area contributed by atoms with Crippen LogP contribution in [-0.2, 0) is 4.74 Å². The van der Waals surface area contributed by atoms with Crippen LogP contribution in [0.3, 0.4) is 0 Å². The molecule has 0 saturated carbocycles. The Kier molecular flexibility index (Phi) is 3.17. The Hall–Kier alpha value is -1.05. The number of ether oxygens (including phenoxy) is 1. The third-order valence-corrected chi connectivity index (χ3v) is 3.44. The van der Waals surface area contributed by atoms with Gasteiger partial charge in [-0.3, -0.25) is 0 Å². The zero-order valence-electron chi connectivity index (χ0n) is 9.03. The summed E-state index contributed by atoms with van der Waals surface area (Å²) in [5, 5.41) is 12.6. The Morgan fingerprint density at radius 2 is 2.44 bits per heavy atom. The van der Waals surface area contributed by atoms with E-state index in [1.807, 2.05) is 31.2 Å². The standard InChI is InChI=1S/C12H13BrN2O/c1-9-12(8-14,5-6-16-9)15-11-4-2-3-10(13)7-11/h2-4,7,9,15H,5-6H2,1H3. The van der Waals surface area contributed by atoms with Gasteiger partial charge in [0.1, 0.15) is 0 Å². The average Bonchev–Trinajstić information content (AvgIpc) is 2.61. The molecule has 2 atom stereocenters. The molecule has 4 heteroatoms. The molecule has 0 aliphatic carbocycles. The third-order valence-electron chi connectivity index (χ3n) is 2.95. The van der Waals surface area contributed by atoms with Crippen LogP contribution >= 0.6 is 15.9 Å². The molecule has 0 spiro atoms. The fraction of sp³-hybridized carbons (Fsp3) is 0.417. The van der Waals surface area contributed by atoms with Gasteiger partial charge in [-0.05, 0) is 25.1 Å². The van der Waals surface area contributed by atoms with E-state index in [0.717, 1.165) is 16.6 Å². The molecule has 0 amide bonds. The molecular weight excluding hydrogens is 268 g/mol. The molecule has 16 heavy (non-hydrogen) atoms. The lowest BCUT2D eigenvalue weighted by molar-refractivity contribution is 0.112. The second-order valence-corrected chi connectivity index (χ2v) is 4.90. The van der Waals surface area contributed by atoms with Crippen molar-refractivity contribution >= 4 is 21.6 Å². The monoisotopic (exact) mass is 280 g/mol. The van der Waals surface area contributed by atoms with Crippen LogP contribution in [0.5, 0.6) is 0 Å². The Morgan fingerprint density at radius 3 is 3.00 bits per heavy atom. The zero-order valence-corrected chi connectivity index (χ0v) is 10.6. The number of hydrogen-bond acceptors (Lipinski definition) is 3. The number of nitrogens with zero attached hydrogens (tertiary/aromatic N) is 1. The summed E-state index contributed by atoms with van der Waals surface area (Å²) >= 11 is 3.41. The summed E-state index contributed by atoms with van der Waals surface area (Å²) in [4.78, 5) is 0. The SMILES string of the molecule is CC1OCCC1(C#N)Nc1cccc(Br)c1. The van der Waals surface area contributed by atoms with E-state index < -0.39 is 5.54 Å². The fourth-order valence-electron chi connectivity index (χ4n) is 1.90. The van der Waals surface area contributed by atoms with Crippen LogP contribution < -0.4 is 5.32 Å². The van der Waals surface area contributed by atoms with Crippen molar-refractivity contribution in [3.63, 3.8) is 0 Å². The number of rotatable bonds is 2. The van der Waals surface area contributed by atoms with Crippen LogP contribution in [0, 0.1) is 11.3 Å². The summed E-state index contributed by atoms with van der Waals surface area (Å²) in [5.74, 6) is 0. The number of halogens is 1. The maximum atomic E-state index is 9.31. The van der Waals surface area contributed by atoms with Gasteiger partial charge in [-0.1, -0.05) is 22.0 Å². The minimum Gasteiger partial charge on any atom is -0.375 e. The van der Waals surface area contributed by atoms with Crippen molar-refractivity contribution in [1.82, 2.24) is 0 Å². The summed E-state index contributed by atoms with van der Waals surface area (Å²) in [6, 6.07) is 10.2. The molecule has 1 aliphatic rings. The maximum Gasteiger partial charge on any atom is 0.153 e. The zero-order chi connectivity index (χ0) is 11.6. The Balaban J connectivity index is 2.23. The molecule has 0 radical (unpaired) electrons. The highest BCUT2D eigenvalue weighted by Crippen LogP contribution is 2.30. The maximum absolute atomic E-state index is 9.31. The molecule has 2 rings (SSSR count). The predicted molar refractivity (Wildman–Crippen MR) is 66.1 cm³/mol. The lowest BCUT2D eigenvalue weighted by atomic mass is 9.93. The number of hydrogen-bond donors (Lipinski definition) is 1. The van der Waals surface area contributed by atoms with E-state index in [-0.39, 0.29) is 6.10 Å². The molecule has 0 aromatic heterocycles. The molecule has 84 valence electrons. The minimum absolute atomic E-state index is 0.0866. The van der Waals surface area contributed by atoms with Crippen LogP contribution in [0.4, 0.5) is 5.69 Å². The van der Waals surface area contributed by atoms with Crippen molar-refractivity contribution in [3.05, 3.63) is 28.7 Å². The van der Waals surface area contributed by atoms with Gasteiger partial charge in [-0.25, -0.2) is 0 Å². The molecule has 1 aromatic rings. The van der Waals surface area contributed by atoms with Crippen molar-refractivity contribution in [3.8, 4) is 6.07 Å². The Labute approximate surface area is 104 Å². The molecule has 1 saturated heterocycles. The average molecular weight is 281 g/mol. The first-order chi connectivity index (χ1) is 7.66. The van der Waals surface area contributed by atoms with Crippen LogP contribution in [-0.4, -0.2) is 18.2 Å². The van der Waals surface area contributed by atoms with Gasteiger partial charge < -0.3 is 10.1 Å². The van der Waals surface area contributed by atoms with Crippen molar-refractivity contribution in [2.75, 3.05) is 11.9 Å². The molecule has 1 aliphatic heterocycles. The molecule has 1 fully saturated rings. The summed E-state index contributed by atoms with van der Waals surface area (Å²) < 4.78 is 6.46. The second kappa shape index (κ2) is 4.44. The Morgan fingerprint density at radius 1 is 1.62 bits per heavy atom. The van der Waals surface area contributed by atoms with Gasteiger partial charge >= 0.3 is 0 Å². The van der Waals surface area contributed by atoms with Gasteiger partial charge in [-0.15, -0.1) is 0 Å². The van der Waals surface area contributed by atoms with Gasteiger partial charge in [0.15, 0.2) is 5.54 Å². The highest BCUT2D eigenvalue weighted by Gasteiger charge is 2.42. The van der Waals surface area contributed by atoms with E-state index in [2.05, 4.69) is 27.3 Å².